The zero-order chi connectivity index (χ0) is 52.3. The van der Waals surface area contributed by atoms with Gasteiger partial charge in [0.15, 0.2) is 11.7 Å². The molecule has 0 saturated carbocycles. The molecule has 0 atom stereocenters. The van der Waals surface area contributed by atoms with Gasteiger partial charge in [0.05, 0.1) is 13.2 Å². The third-order valence-corrected chi connectivity index (χ3v) is 14.8. The molecule has 0 aliphatic rings. The summed E-state index contributed by atoms with van der Waals surface area (Å²) >= 11 is 0. The first-order valence-electron chi connectivity index (χ1n) is 31.8. The quantitative estimate of drug-likeness (QED) is 0.0266. The van der Waals surface area contributed by atoms with Crippen molar-refractivity contribution in [1.29, 1.82) is 0 Å². The van der Waals surface area contributed by atoms with Gasteiger partial charge in [-0.3, -0.25) is 9.59 Å². The molecular weight excluding hydrogens is 897 g/mol. The first-order valence-corrected chi connectivity index (χ1v) is 31.8. The molecule has 0 aromatic heterocycles. The number of allylic oxidation sites excluding steroid dienone is 1. The van der Waals surface area contributed by atoms with Gasteiger partial charge in [-0.15, -0.1) is 0 Å². The Morgan fingerprint density at radius 1 is 0.347 bits per heavy atom. The Bertz CT molecular complexity index is 1160. The lowest BCUT2D eigenvalue weighted by atomic mass is 10.0. The van der Waals surface area contributed by atoms with Gasteiger partial charge < -0.3 is 29.5 Å². The van der Waals surface area contributed by atoms with E-state index >= 15 is 0 Å². The van der Waals surface area contributed by atoms with Crippen LogP contribution in [0.3, 0.4) is 0 Å². The largest absolute Gasteiger partial charge is 0.487 e. The van der Waals surface area contributed by atoms with Gasteiger partial charge in [-0.1, -0.05) is 232 Å². The molecule has 0 aliphatic heterocycles. The predicted octanol–water partition coefficient (Wildman–Crippen LogP) is 17.7. The number of rotatable bonds is 62. The lowest BCUT2D eigenvalue weighted by Crippen LogP contribution is -2.32. The van der Waals surface area contributed by atoms with Crippen molar-refractivity contribution < 1.29 is 34.1 Å². The van der Waals surface area contributed by atoms with Crippen LogP contribution in [0.25, 0.3) is 0 Å². The van der Waals surface area contributed by atoms with E-state index in [0.29, 0.717) is 31.8 Å². The molecule has 0 aromatic rings. The van der Waals surface area contributed by atoms with Crippen LogP contribution in [-0.4, -0.2) is 97.0 Å². The molecule has 0 aromatic carbocycles. The molecule has 0 rings (SSSR count). The van der Waals surface area contributed by atoms with Crippen LogP contribution in [0, 0.1) is 0 Å². The average molecular weight is 1020 g/mol. The van der Waals surface area contributed by atoms with Crippen LogP contribution in [-0.2, 0) is 23.9 Å². The number of carboxylic acids is 1. The maximum Gasteiger partial charge on any atom is 0.305 e. The minimum atomic E-state index is -0.705. The summed E-state index contributed by atoms with van der Waals surface area (Å²) in [5.41, 5.74) is 0. The molecule has 72 heavy (non-hydrogen) atoms. The third-order valence-electron chi connectivity index (χ3n) is 14.8. The van der Waals surface area contributed by atoms with Crippen molar-refractivity contribution in [2.45, 2.75) is 322 Å². The summed E-state index contributed by atoms with van der Waals surface area (Å²) in [6, 6.07) is 0. The summed E-state index contributed by atoms with van der Waals surface area (Å²) in [6.45, 7) is 12.3. The standard InChI is InChI=1S/C63H122N2O7/c1-3-5-7-9-11-13-15-16-17-18-19-20-21-22-23-24-26-28-36-46-59-72-63(70)50-39-31-34-42-52-64(51-41-33-30-38-49-62(68)69)55-47-56-65(54-43-44-57-66)53-40-32-29-37-48-61(60-67)71-58-45-35-27-25-14-12-10-8-6-4-2/h66H,3-59H2,1-2H3,(H,68,69). The lowest BCUT2D eigenvalue weighted by molar-refractivity contribution is -0.144. The molecule has 0 fully saturated rings. The van der Waals surface area contributed by atoms with Gasteiger partial charge >= 0.3 is 11.9 Å². The van der Waals surface area contributed by atoms with Crippen LogP contribution in [0.15, 0.2) is 5.76 Å². The highest BCUT2D eigenvalue weighted by Crippen LogP contribution is 2.17. The van der Waals surface area contributed by atoms with E-state index in [0.717, 1.165) is 155 Å². The number of nitrogens with zero attached hydrogens (tertiary/aromatic N) is 2. The second-order valence-electron chi connectivity index (χ2n) is 21.8. The third kappa shape index (κ3) is 55.8. The van der Waals surface area contributed by atoms with Crippen LogP contribution < -0.4 is 0 Å². The summed E-state index contributed by atoms with van der Waals surface area (Å²) in [4.78, 5) is 40.1. The molecule has 9 nitrogen and oxygen atoms in total. The highest BCUT2D eigenvalue weighted by atomic mass is 16.5. The Morgan fingerprint density at radius 2 is 0.639 bits per heavy atom. The van der Waals surface area contributed by atoms with Gasteiger partial charge in [-0.25, -0.2) is 4.79 Å². The Kier molecular flexibility index (Phi) is 58.3. The number of ether oxygens (including phenoxy) is 2. The molecule has 0 spiro atoms. The van der Waals surface area contributed by atoms with Crippen molar-refractivity contribution in [1.82, 2.24) is 9.80 Å². The fourth-order valence-corrected chi connectivity index (χ4v) is 10.1. The van der Waals surface area contributed by atoms with Crippen LogP contribution in [0.1, 0.15) is 322 Å². The Balaban J connectivity index is 4.23. The van der Waals surface area contributed by atoms with Gasteiger partial charge in [0.2, 0.25) is 0 Å². The van der Waals surface area contributed by atoms with E-state index in [1.165, 1.54) is 173 Å². The summed E-state index contributed by atoms with van der Waals surface area (Å²) in [5.74, 6) is 1.81. The molecule has 0 aliphatic carbocycles. The molecule has 0 amide bonds. The second kappa shape index (κ2) is 59.9. The lowest BCUT2D eigenvalue weighted by Gasteiger charge is -2.26. The Labute approximate surface area is 446 Å². The number of aliphatic carboxylic acids is 1. The van der Waals surface area contributed by atoms with Crippen molar-refractivity contribution in [3.05, 3.63) is 5.76 Å². The fourth-order valence-electron chi connectivity index (χ4n) is 10.1. The first kappa shape index (κ1) is 70.1. The molecular formula is C63H122N2O7. The number of hydrogen-bond acceptors (Lipinski definition) is 8. The number of esters is 1. The summed E-state index contributed by atoms with van der Waals surface area (Å²) in [6.07, 6.45) is 57.0. The van der Waals surface area contributed by atoms with E-state index in [2.05, 4.69) is 29.6 Å². The van der Waals surface area contributed by atoms with Gasteiger partial charge in [0.25, 0.3) is 0 Å². The monoisotopic (exact) mass is 1020 g/mol. The Morgan fingerprint density at radius 3 is 1.00 bits per heavy atom. The van der Waals surface area contributed by atoms with Crippen molar-refractivity contribution in [2.24, 2.45) is 0 Å². The molecule has 9 heteroatoms. The number of carboxylic acid groups (broad SMARTS) is 1. The van der Waals surface area contributed by atoms with E-state index in [-0.39, 0.29) is 19.0 Å². The van der Waals surface area contributed by atoms with Crippen LogP contribution in [0.2, 0.25) is 0 Å². The average Bonchev–Trinajstić information content (AvgIpc) is 3.37. The smallest absolute Gasteiger partial charge is 0.305 e. The van der Waals surface area contributed by atoms with Crippen molar-refractivity contribution in [3.8, 4) is 0 Å². The van der Waals surface area contributed by atoms with E-state index in [4.69, 9.17) is 14.6 Å². The zero-order valence-electron chi connectivity index (χ0n) is 48.1. The van der Waals surface area contributed by atoms with Crippen LogP contribution in [0.5, 0.6) is 0 Å². The molecule has 426 valence electrons. The van der Waals surface area contributed by atoms with Crippen molar-refractivity contribution in [2.75, 3.05) is 59.1 Å². The number of hydrogen-bond donors (Lipinski definition) is 2. The van der Waals surface area contributed by atoms with Crippen molar-refractivity contribution >= 4 is 17.9 Å². The Hall–Kier alpha value is -1.93. The topological polar surface area (TPSA) is 117 Å². The van der Waals surface area contributed by atoms with E-state index < -0.39 is 5.97 Å². The first-order chi connectivity index (χ1) is 35.5. The molecule has 0 unspecified atom stereocenters. The minimum absolute atomic E-state index is 0.0373. The molecule has 2 N–H and O–H groups in total. The van der Waals surface area contributed by atoms with Gasteiger partial charge in [0.1, 0.15) is 0 Å². The SMILES string of the molecule is CCCCCCCCCCCCCCCCCCCCCCOC(=O)CCCCCCN(CCCCCCC(=O)O)CCCN(CCCCO)CCCCCCC(=C=O)OCCCCCCCCCCCC. The molecule has 0 saturated heterocycles. The van der Waals surface area contributed by atoms with Crippen LogP contribution in [0.4, 0.5) is 0 Å². The number of unbranched alkanes of at least 4 members (excludes halogenated alkanes) is 38. The van der Waals surface area contributed by atoms with E-state index in [9.17, 15) is 19.5 Å². The summed E-state index contributed by atoms with van der Waals surface area (Å²) in [7, 11) is 0. The second-order valence-corrected chi connectivity index (χ2v) is 21.8. The number of carbonyl (C=O) groups excluding carboxylic acids is 2. The van der Waals surface area contributed by atoms with Gasteiger partial charge in [-0.05, 0) is 110 Å². The highest BCUT2D eigenvalue weighted by molar-refractivity contribution is 5.69. The fraction of sp³-hybridized carbons (Fsp3) is 0.937. The van der Waals surface area contributed by atoms with Crippen LogP contribution >= 0.6 is 0 Å². The molecule has 0 radical (unpaired) electrons. The van der Waals surface area contributed by atoms with Gasteiger partial charge in [0, 0.05) is 25.9 Å². The maximum atomic E-state index is 12.4. The summed E-state index contributed by atoms with van der Waals surface area (Å²) < 4.78 is 11.4. The molecule has 0 heterocycles. The number of aliphatic hydroxyl groups excluding tert-OH is 1. The minimum Gasteiger partial charge on any atom is -0.487 e. The normalized spacial score (nSPS) is 11.5. The van der Waals surface area contributed by atoms with Crippen molar-refractivity contribution in [3.63, 3.8) is 0 Å². The van der Waals surface area contributed by atoms with Gasteiger partial charge in [-0.2, -0.15) is 0 Å². The number of aliphatic hydroxyl groups is 1. The van der Waals surface area contributed by atoms with E-state index in [1.54, 1.807) is 0 Å². The number of carbonyl (C=O) groups is 2. The predicted molar refractivity (Wildman–Crippen MR) is 307 cm³/mol. The van der Waals surface area contributed by atoms with E-state index in [1.807, 2.05) is 0 Å². The molecule has 0 bridgehead atoms. The summed E-state index contributed by atoms with van der Waals surface area (Å²) in [5, 5.41) is 18.5. The maximum absolute atomic E-state index is 12.4. The highest BCUT2D eigenvalue weighted by Gasteiger charge is 2.11. The zero-order valence-corrected chi connectivity index (χ0v) is 48.1.